The van der Waals surface area contributed by atoms with E-state index in [2.05, 4.69) is 27.8 Å². The highest BCUT2D eigenvalue weighted by Gasteiger charge is 2.00. The molecular weight excluding hydrogens is 168 g/mol. The molecule has 0 bridgehead atoms. The van der Waals surface area contributed by atoms with Crippen molar-refractivity contribution in [2.45, 2.75) is 0 Å². The molecule has 1 heterocycles. The molecule has 1 amide bonds. The van der Waals surface area contributed by atoms with Gasteiger partial charge >= 0.3 is 6.09 Å². The Balaban J connectivity index is 2.41. The van der Waals surface area contributed by atoms with Crippen LogP contribution in [0.4, 0.5) is 10.6 Å². The zero-order chi connectivity index (χ0) is 9.52. The van der Waals surface area contributed by atoms with Gasteiger partial charge in [-0.1, -0.05) is 18.7 Å². The van der Waals surface area contributed by atoms with Gasteiger partial charge in [0.05, 0.1) is 6.20 Å². The molecule has 1 rings (SSSR count). The van der Waals surface area contributed by atoms with E-state index >= 15 is 0 Å². The van der Waals surface area contributed by atoms with Crippen molar-refractivity contribution in [3.8, 4) is 0 Å². The van der Waals surface area contributed by atoms with E-state index in [1.165, 1.54) is 6.08 Å². The van der Waals surface area contributed by atoms with Gasteiger partial charge in [0.25, 0.3) is 0 Å². The summed E-state index contributed by atoms with van der Waals surface area (Å²) in [7, 11) is 0. The van der Waals surface area contributed by atoms with E-state index < -0.39 is 6.09 Å². The minimum Gasteiger partial charge on any atom is -0.445 e. The second-order valence-electron chi connectivity index (χ2n) is 2.16. The number of nitrogens with one attached hydrogen (secondary N) is 1. The molecule has 4 heteroatoms. The van der Waals surface area contributed by atoms with Crippen molar-refractivity contribution in [3.63, 3.8) is 0 Å². The molecule has 0 aliphatic carbocycles. The van der Waals surface area contributed by atoms with Crippen molar-refractivity contribution in [1.82, 2.24) is 4.98 Å². The largest absolute Gasteiger partial charge is 0.445 e. The van der Waals surface area contributed by atoms with E-state index in [-0.39, 0.29) is 6.61 Å². The summed E-state index contributed by atoms with van der Waals surface area (Å²) >= 11 is 0. The lowest BCUT2D eigenvalue weighted by Gasteiger charge is -2.02. The van der Waals surface area contributed by atoms with Gasteiger partial charge in [0.15, 0.2) is 0 Å². The summed E-state index contributed by atoms with van der Waals surface area (Å²) in [4.78, 5) is 14.7. The second-order valence-corrected chi connectivity index (χ2v) is 2.16. The fourth-order valence-corrected chi connectivity index (χ4v) is 0.671. The first kappa shape index (κ1) is 9.25. The Morgan fingerprint density at radius 2 is 2.69 bits per heavy atom. The highest BCUT2D eigenvalue weighted by molar-refractivity contribution is 5.83. The van der Waals surface area contributed by atoms with E-state index in [0.717, 1.165) is 0 Å². The Bertz CT molecular complexity index is 285. The Kier molecular flexibility index (Phi) is 3.50. The van der Waals surface area contributed by atoms with Crippen molar-refractivity contribution in [2.75, 3.05) is 11.9 Å². The highest BCUT2D eigenvalue weighted by atomic mass is 16.5. The molecule has 0 saturated carbocycles. The third kappa shape index (κ3) is 3.37. The summed E-state index contributed by atoms with van der Waals surface area (Å²) in [5.74, 6) is 0.413. The maximum Gasteiger partial charge on any atom is 0.413 e. The molecule has 0 aliphatic heterocycles. The van der Waals surface area contributed by atoms with Crippen molar-refractivity contribution in [1.29, 1.82) is 0 Å². The smallest absolute Gasteiger partial charge is 0.413 e. The van der Waals surface area contributed by atoms with E-state index in [9.17, 15) is 4.79 Å². The van der Waals surface area contributed by atoms with Crippen LogP contribution >= 0.6 is 0 Å². The molecule has 67 valence electrons. The lowest BCUT2D eigenvalue weighted by molar-refractivity contribution is 0.174. The van der Waals surface area contributed by atoms with Gasteiger partial charge in [0, 0.05) is 0 Å². The Hall–Kier alpha value is -1.84. The van der Waals surface area contributed by atoms with Gasteiger partial charge in [0.1, 0.15) is 12.4 Å². The molecule has 0 fully saturated rings. The zero-order valence-electron chi connectivity index (χ0n) is 6.99. The molecular formula is C9H9N2O2. The van der Waals surface area contributed by atoms with Gasteiger partial charge in [-0.25, -0.2) is 9.78 Å². The minimum atomic E-state index is -0.549. The summed E-state index contributed by atoms with van der Waals surface area (Å²) in [6.45, 7) is 3.60. The lowest BCUT2D eigenvalue weighted by atomic mass is 10.5. The zero-order valence-corrected chi connectivity index (χ0v) is 6.99. The Morgan fingerprint density at radius 1 is 1.85 bits per heavy atom. The normalized spacial score (nSPS) is 8.92. The fourth-order valence-electron chi connectivity index (χ4n) is 0.671. The number of carbonyl (C=O) groups excluding carboxylic acids is 1. The molecule has 4 nitrogen and oxygen atoms in total. The summed E-state index contributed by atoms with van der Waals surface area (Å²) < 4.78 is 4.67. The van der Waals surface area contributed by atoms with Crippen molar-refractivity contribution >= 4 is 11.9 Å². The summed E-state index contributed by atoms with van der Waals surface area (Å²) in [6, 6.07) is 5.00. The molecule has 0 spiro atoms. The van der Waals surface area contributed by atoms with E-state index in [1.54, 1.807) is 18.2 Å². The Morgan fingerprint density at radius 3 is 3.31 bits per heavy atom. The second kappa shape index (κ2) is 4.92. The van der Waals surface area contributed by atoms with Gasteiger partial charge in [-0.05, 0) is 12.1 Å². The topological polar surface area (TPSA) is 51.2 Å². The molecule has 0 aliphatic rings. The van der Waals surface area contributed by atoms with Crippen LogP contribution in [0.25, 0.3) is 0 Å². The van der Waals surface area contributed by atoms with Crippen molar-refractivity contribution in [3.05, 3.63) is 37.1 Å². The van der Waals surface area contributed by atoms with Crippen LogP contribution < -0.4 is 5.32 Å². The number of hydrogen-bond donors (Lipinski definition) is 1. The highest BCUT2D eigenvalue weighted by Crippen LogP contribution is 1.99. The SMILES string of the molecule is C=CCOC(=O)Nc1ccc[c]n1. The first-order valence-electron chi connectivity index (χ1n) is 3.70. The van der Waals surface area contributed by atoms with Gasteiger partial charge in [-0.2, -0.15) is 0 Å². The molecule has 0 unspecified atom stereocenters. The van der Waals surface area contributed by atoms with Crippen LogP contribution in [0.1, 0.15) is 0 Å². The summed E-state index contributed by atoms with van der Waals surface area (Å²) in [5, 5.41) is 2.43. The molecule has 1 aromatic heterocycles. The summed E-state index contributed by atoms with van der Waals surface area (Å²) in [5.41, 5.74) is 0. The predicted molar refractivity (Wildman–Crippen MR) is 48.2 cm³/mol. The molecule has 1 N–H and O–H groups in total. The average molecular weight is 177 g/mol. The number of rotatable bonds is 3. The van der Waals surface area contributed by atoms with Crippen LogP contribution in [0.2, 0.25) is 0 Å². The fraction of sp³-hybridized carbons (Fsp3) is 0.111. The number of nitrogens with zero attached hydrogens (tertiary/aromatic N) is 1. The Labute approximate surface area is 76.2 Å². The van der Waals surface area contributed by atoms with E-state index in [0.29, 0.717) is 5.82 Å². The third-order valence-electron chi connectivity index (χ3n) is 1.17. The van der Waals surface area contributed by atoms with Crippen LogP contribution in [-0.4, -0.2) is 17.7 Å². The number of amides is 1. The number of aromatic nitrogens is 1. The van der Waals surface area contributed by atoms with Gasteiger partial charge in [-0.15, -0.1) is 0 Å². The van der Waals surface area contributed by atoms with Gasteiger partial charge in [-0.3, -0.25) is 5.32 Å². The van der Waals surface area contributed by atoms with Crippen molar-refractivity contribution in [2.24, 2.45) is 0 Å². The minimum absolute atomic E-state index is 0.183. The number of hydrogen-bond acceptors (Lipinski definition) is 3. The number of ether oxygens (including phenoxy) is 1. The number of anilines is 1. The molecule has 0 saturated heterocycles. The lowest BCUT2D eigenvalue weighted by Crippen LogP contribution is -2.14. The van der Waals surface area contributed by atoms with Crippen LogP contribution in [0.15, 0.2) is 30.9 Å². The van der Waals surface area contributed by atoms with Crippen LogP contribution in [-0.2, 0) is 4.74 Å². The molecule has 1 aromatic rings. The van der Waals surface area contributed by atoms with Crippen LogP contribution in [0, 0.1) is 6.20 Å². The third-order valence-corrected chi connectivity index (χ3v) is 1.17. The average Bonchev–Trinajstić information content (AvgIpc) is 2.16. The van der Waals surface area contributed by atoms with Gasteiger partial charge in [0.2, 0.25) is 0 Å². The predicted octanol–water partition coefficient (Wildman–Crippen LogP) is 1.62. The van der Waals surface area contributed by atoms with Crippen molar-refractivity contribution < 1.29 is 9.53 Å². The standard InChI is InChI=1S/C9H9N2O2/c1-2-7-13-9(12)11-8-5-3-4-6-10-8/h2-5H,1,7H2,(H,10,11,12). The first-order valence-corrected chi connectivity index (χ1v) is 3.70. The maximum absolute atomic E-state index is 10.9. The molecule has 0 atom stereocenters. The van der Waals surface area contributed by atoms with Crippen LogP contribution in [0.3, 0.4) is 0 Å². The van der Waals surface area contributed by atoms with E-state index in [4.69, 9.17) is 0 Å². The molecule has 0 aromatic carbocycles. The number of carbonyl (C=O) groups is 1. The monoisotopic (exact) mass is 177 g/mol. The molecule has 13 heavy (non-hydrogen) atoms. The first-order chi connectivity index (χ1) is 6.33. The maximum atomic E-state index is 10.9. The van der Waals surface area contributed by atoms with Gasteiger partial charge < -0.3 is 4.74 Å². The van der Waals surface area contributed by atoms with Crippen LogP contribution in [0.5, 0.6) is 0 Å². The van der Waals surface area contributed by atoms with E-state index in [1.807, 2.05) is 0 Å². The molecule has 1 radical (unpaired) electrons. The summed E-state index contributed by atoms with van der Waals surface area (Å²) in [6.07, 6.45) is 3.52. The quantitative estimate of drug-likeness (QED) is 0.713. The number of pyridine rings is 1.